The normalized spacial score (nSPS) is 11.3. The Morgan fingerprint density at radius 2 is 1.13 bits per heavy atom. The van der Waals surface area contributed by atoms with Gasteiger partial charge in [-0.1, -0.05) is 119 Å². The lowest BCUT2D eigenvalue weighted by atomic mass is 10.0. The van der Waals surface area contributed by atoms with Crippen LogP contribution < -0.4 is 0 Å². The molecule has 0 aliphatic carbocycles. The van der Waals surface area contributed by atoms with Crippen LogP contribution in [0.15, 0.2) is 132 Å². The Balaban J connectivity index is 1.41. The third kappa shape index (κ3) is 4.22. The van der Waals surface area contributed by atoms with Gasteiger partial charge in [-0.3, -0.25) is 0 Å². The van der Waals surface area contributed by atoms with E-state index in [2.05, 4.69) is 131 Å². The minimum Gasteiger partial charge on any atom is -0.226 e. The number of halogens is 1. The van der Waals surface area contributed by atoms with E-state index in [4.69, 9.17) is 9.97 Å². The van der Waals surface area contributed by atoms with Crippen LogP contribution in [-0.4, -0.2) is 9.97 Å². The van der Waals surface area contributed by atoms with Crippen molar-refractivity contribution in [2.24, 2.45) is 0 Å². The van der Waals surface area contributed by atoms with E-state index in [1.807, 2.05) is 12.1 Å². The molecule has 7 aromatic rings. The number of benzene rings is 5. The molecule has 0 radical (unpaired) electrons. The van der Waals surface area contributed by atoms with Gasteiger partial charge in [0.25, 0.3) is 0 Å². The van der Waals surface area contributed by atoms with Crippen LogP contribution in [0.5, 0.6) is 0 Å². The van der Waals surface area contributed by atoms with Crippen molar-refractivity contribution in [3.8, 4) is 44.9 Å². The summed E-state index contributed by atoms with van der Waals surface area (Å²) in [4.78, 5) is 10.3. The molecule has 2 aromatic heterocycles. The molecule has 0 aliphatic rings. The second-order valence-electron chi connectivity index (χ2n) is 9.21. The summed E-state index contributed by atoms with van der Waals surface area (Å²) >= 11 is 5.36. The lowest BCUT2D eigenvalue weighted by Gasteiger charge is -2.10. The van der Waals surface area contributed by atoms with Gasteiger partial charge < -0.3 is 0 Å². The second-order valence-corrected chi connectivity index (χ2v) is 11.2. The van der Waals surface area contributed by atoms with Gasteiger partial charge in [-0.05, 0) is 46.5 Å². The summed E-state index contributed by atoms with van der Waals surface area (Å²) in [6.07, 6.45) is 0. The van der Waals surface area contributed by atoms with Crippen LogP contribution >= 0.6 is 27.3 Å². The minimum absolute atomic E-state index is 0.736. The molecule has 0 atom stereocenters. The van der Waals surface area contributed by atoms with Crippen LogP contribution in [0.2, 0.25) is 0 Å². The lowest BCUT2D eigenvalue weighted by molar-refractivity contribution is 1.24. The average Bonchev–Trinajstić information content (AvgIpc) is 3.36. The molecule has 7 rings (SSSR count). The van der Waals surface area contributed by atoms with E-state index in [-0.39, 0.29) is 0 Å². The van der Waals surface area contributed by atoms with E-state index >= 15 is 0 Å². The number of thiophene rings is 1. The molecule has 0 N–H and O–H groups in total. The van der Waals surface area contributed by atoms with Gasteiger partial charge in [0.15, 0.2) is 5.82 Å². The third-order valence-electron chi connectivity index (χ3n) is 6.76. The van der Waals surface area contributed by atoms with Crippen LogP contribution in [0.25, 0.3) is 65.2 Å². The fraction of sp³-hybridized carbons (Fsp3) is 0. The Hall–Kier alpha value is -4.12. The van der Waals surface area contributed by atoms with Gasteiger partial charge in [0.1, 0.15) is 0 Å². The monoisotopic (exact) mass is 568 g/mol. The first-order valence-corrected chi connectivity index (χ1v) is 14.1. The van der Waals surface area contributed by atoms with Gasteiger partial charge in [-0.2, -0.15) is 0 Å². The first kappa shape index (κ1) is 23.0. The number of nitrogens with zero attached hydrogens (tertiary/aromatic N) is 2. The molecule has 0 saturated carbocycles. The van der Waals surface area contributed by atoms with Crippen molar-refractivity contribution in [2.75, 3.05) is 0 Å². The molecule has 0 spiro atoms. The zero-order chi connectivity index (χ0) is 25.5. The van der Waals surface area contributed by atoms with Gasteiger partial charge in [-0.25, -0.2) is 9.97 Å². The van der Waals surface area contributed by atoms with Crippen molar-refractivity contribution >= 4 is 47.6 Å². The summed E-state index contributed by atoms with van der Waals surface area (Å²) in [5, 5.41) is 1.17. The van der Waals surface area contributed by atoms with Gasteiger partial charge >= 0.3 is 0 Å². The van der Waals surface area contributed by atoms with Crippen molar-refractivity contribution < 1.29 is 0 Å². The maximum absolute atomic E-state index is 5.18. The molecule has 0 saturated heterocycles. The van der Waals surface area contributed by atoms with E-state index in [1.54, 1.807) is 11.3 Å². The Kier molecular flexibility index (Phi) is 5.84. The maximum atomic E-state index is 5.18. The predicted molar refractivity (Wildman–Crippen MR) is 164 cm³/mol. The number of hydrogen-bond acceptors (Lipinski definition) is 3. The Morgan fingerprint density at radius 3 is 1.95 bits per heavy atom. The molecule has 0 amide bonds. The van der Waals surface area contributed by atoms with Crippen molar-refractivity contribution in [1.29, 1.82) is 0 Å². The number of aromatic nitrogens is 2. The lowest BCUT2D eigenvalue weighted by Crippen LogP contribution is -1.94. The number of fused-ring (bicyclic) bond motifs is 3. The molecule has 38 heavy (non-hydrogen) atoms. The highest BCUT2D eigenvalue weighted by atomic mass is 79.9. The molecule has 5 aromatic carbocycles. The van der Waals surface area contributed by atoms with Crippen LogP contribution in [-0.2, 0) is 0 Å². The fourth-order valence-electron chi connectivity index (χ4n) is 4.87. The van der Waals surface area contributed by atoms with Crippen LogP contribution in [0, 0.1) is 0 Å². The van der Waals surface area contributed by atoms with Crippen molar-refractivity contribution in [3.05, 3.63) is 132 Å². The number of hydrogen-bond donors (Lipinski definition) is 0. The number of rotatable bonds is 4. The quantitative estimate of drug-likeness (QED) is 0.211. The Morgan fingerprint density at radius 1 is 0.500 bits per heavy atom. The standard InChI is InChI=1S/C34H21BrN2S/c35-28-13-7-11-26(21-28)25-10-6-12-27(20-25)34-36-31(33-32(37-34)29-14-4-5-15-30(29)38-33)24-18-16-23(17-19-24)22-8-2-1-3-9-22/h1-21H. The summed E-state index contributed by atoms with van der Waals surface area (Å²) < 4.78 is 3.40. The highest BCUT2D eigenvalue weighted by molar-refractivity contribution is 9.10. The molecular weight excluding hydrogens is 548 g/mol. The van der Waals surface area contributed by atoms with Gasteiger partial charge in [0.05, 0.1) is 15.9 Å². The van der Waals surface area contributed by atoms with Crippen LogP contribution in [0.1, 0.15) is 0 Å². The first-order valence-electron chi connectivity index (χ1n) is 12.4. The molecule has 2 heterocycles. The summed E-state index contributed by atoms with van der Waals surface area (Å²) in [5.41, 5.74) is 8.76. The summed E-state index contributed by atoms with van der Waals surface area (Å²) in [5.74, 6) is 0.736. The smallest absolute Gasteiger partial charge is 0.160 e. The molecule has 0 unspecified atom stereocenters. The fourth-order valence-corrected chi connectivity index (χ4v) is 6.43. The first-order chi connectivity index (χ1) is 18.7. The molecule has 180 valence electrons. The molecule has 4 heteroatoms. The van der Waals surface area contributed by atoms with E-state index in [1.165, 1.54) is 21.2 Å². The zero-order valence-corrected chi connectivity index (χ0v) is 22.7. The molecule has 0 aliphatic heterocycles. The molecule has 0 bridgehead atoms. The van der Waals surface area contributed by atoms with Gasteiger partial charge in [0, 0.05) is 25.7 Å². The zero-order valence-electron chi connectivity index (χ0n) is 20.3. The molecule has 2 nitrogen and oxygen atoms in total. The van der Waals surface area contributed by atoms with E-state index in [0.717, 1.165) is 48.5 Å². The summed E-state index contributed by atoms with van der Waals surface area (Å²) in [6, 6.07) is 44.5. The molecule has 0 fully saturated rings. The minimum atomic E-state index is 0.736. The Bertz CT molecular complexity index is 1920. The highest BCUT2D eigenvalue weighted by Gasteiger charge is 2.17. The van der Waals surface area contributed by atoms with E-state index in [9.17, 15) is 0 Å². The second kappa shape index (κ2) is 9.64. The summed E-state index contributed by atoms with van der Waals surface area (Å²) in [6.45, 7) is 0. The molecular formula is C34H21BrN2S. The van der Waals surface area contributed by atoms with Gasteiger partial charge in [-0.15, -0.1) is 11.3 Å². The summed E-state index contributed by atoms with van der Waals surface area (Å²) in [7, 11) is 0. The Labute approximate surface area is 233 Å². The van der Waals surface area contributed by atoms with Crippen molar-refractivity contribution in [2.45, 2.75) is 0 Å². The van der Waals surface area contributed by atoms with Crippen molar-refractivity contribution in [1.82, 2.24) is 9.97 Å². The highest BCUT2D eigenvalue weighted by Crippen LogP contribution is 2.40. The largest absolute Gasteiger partial charge is 0.226 e. The average molecular weight is 570 g/mol. The SMILES string of the molecule is Brc1cccc(-c2cccc(-c3nc(-c4ccc(-c5ccccc5)cc4)c4sc5ccccc5c4n3)c2)c1. The predicted octanol–water partition coefficient (Wildman–Crippen LogP) is 10.3. The van der Waals surface area contributed by atoms with Crippen LogP contribution in [0.4, 0.5) is 0 Å². The van der Waals surface area contributed by atoms with E-state index in [0.29, 0.717) is 0 Å². The van der Waals surface area contributed by atoms with E-state index < -0.39 is 0 Å². The topological polar surface area (TPSA) is 25.8 Å². The third-order valence-corrected chi connectivity index (χ3v) is 8.42. The van der Waals surface area contributed by atoms with Gasteiger partial charge in [0.2, 0.25) is 0 Å². The maximum Gasteiger partial charge on any atom is 0.160 e. The van der Waals surface area contributed by atoms with Crippen LogP contribution in [0.3, 0.4) is 0 Å². The van der Waals surface area contributed by atoms with Crippen molar-refractivity contribution in [3.63, 3.8) is 0 Å².